The SMILES string of the molecule is CN=C(NCc1ccc(C#N)cc1F)NC1CCN(c2ccccc2)CC1. The molecule has 140 valence electrons. The highest BCUT2D eigenvalue weighted by atomic mass is 19.1. The highest BCUT2D eigenvalue weighted by molar-refractivity contribution is 5.80. The molecule has 0 unspecified atom stereocenters. The molecule has 0 radical (unpaired) electrons. The molecule has 1 fully saturated rings. The number of hydrogen-bond acceptors (Lipinski definition) is 3. The Bertz CT molecular complexity index is 820. The monoisotopic (exact) mass is 365 g/mol. The van der Waals surface area contributed by atoms with Crippen molar-refractivity contribution in [2.45, 2.75) is 25.4 Å². The molecule has 3 rings (SSSR count). The predicted molar refractivity (Wildman–Crippen MR) is 106 cm³/mol. The molecule has 0 aromatic heterocycles. The number of piperidine rings is 1. The van der Waals surface area contributed by atoms with Gasteiger partial charge in [-0.15, -0.1) is 0 Å². The number of para-hydroxylation sites is 1. The van der Waals surface area contributed by atoms with E-state index in [1.165, 1.54) is 11.8 Å². The third kappa shape index (κ3) is 4.98. The van der Waals surface area contributed by atoms with E-state index in [1.54, 1.807) is 19.2 Å². The van der Waals surface area contributed by atoms with Gasteiger partial charge in [0, 0.05) is 44.0 Å². The lowest BCUT2D eigenvalue weighted by atomic mass is 10.0. The summed E-state index contributed by atoms with van der Waals surface area (Å²) in [7, 11) is 1.71. The second kappa shape index (κ2) is 9.04. The van der Waals surface area contributed by atoms with E-state index in [2.05, 4.69) is 44.8 Å². The van der Waals surface area contributed by atoms with E-state index >= 15 is 0 Å². The van der Waals surface area contributed by atoms with Gasteiger partial charge in [-0.05, 0) is 37.1 Å². The lowest BCUT2D eigenvalue weighted by Crippen LogP contribution is -2.48. The Morgan fingerprint density at radius 2 is 1.96 bits per heavy atom. The van der Waals surface area contributed by atoms with E-state index < -0.39 is 0 Å². The van der Waals surface area contributed by atoms with Gasteiger partial charge in [0.25, 0.3) is 0 Å². The summed E-state index contributed by atoms with van der Waals surface area (Å²) in [6.07, 6.45) is 2.03. The number of rotatable bonds is 4. The van der Waals surface area contributed by atoms with Crippen molar-refractivity contribution in [1.29, 1.82) is 5.26 Å². The molecule has 5 nitrogen and oxygen atoms in total. The summed E-state index contributed by atoms with van der Waals surface area (Å²) in [5.74, 6) is 0.282. The van der Waals surface area contributed by atoms with Crippen molar-refractivity contribution in [3.8, 4) is 6.07 Å². The smallest absolute Gasteiger partial charge is 0.191 e. The summed E-state index contributed by atoms with van der Waals surface area (Å²) in [6, 6.07) is 17.2. The molecule has 2 aromatic rings. The average molecular weight is 365 g/mol. The zero-order valence-electron chi connectivity index (χ0n) is 15.5. The number of nitriles is 1. The second-order valence-corrected chi connectivity index (χ2v) is 6.58. The van der Waals surface area contributed by atoms with Crippen LogP contribution in [0.5, 0.6) is 0 Å². The summed E-state index contributed by atoms with van der Waals surface area (Å²) in [5.41, 5.74) is 2.09. The zero-order chi connectivity index (χ0) is 19.1. The highest BCUT2D eigenvalue weighted by Gasteiger charge is 2.20. The van der Waals surface area contributed by atoms with Crippen molar-refractivity contribution in [1.82, 2.24) is 10.6 Å². The Morgan fingerprint density at radius 3 is 2.59 bits per heavy atom. The summed E-state index contributed by atoms with van der Waals surface area (Å²) >= 11 is 0. The molecular weight excluding hydrogens is 341 g/mol. The molecule has 27 heavy (non-hydrogen) atoms. The van der Waals surface area contributed by atoms with Crippen LogP contribution in [0, 0.1) is 17.1 Å². The van der Waals surface area contributed by atoms with Crippen molar-refractivity contribution in [3.63, 3.8) is 0 Å². The van der Waals surface area contributed by atoms with Gasteiger partial charge < -0.3 is 15.5 Å². The summed E-state index contributed by atoms with van der Waals surface area (Å²) in [6.45, 7) is 2.30. The Kier molecular flexibility index (Phi) is 6.26. The number of benzene rings is 2. The van der Waals surface area contributed by atoms with Crippen molar-refractivity contribution >= 4 is 11.6 Å². The number of nitrogens with one attached hydrogen (secondary N) is 2. The van der Waals surface area contributed by atoms with Gasteiger partial charge >= 0.3 is 0 Å². The van der Waals surface area contributed by atoms with Crippen LogP contribution in [0.4, 0.5) is 10.1 Å². The van der Waals surface area contributed by atoms with Gasteiger partial charge in [0.15, 0.2) is 5.96 Å². The first-order valence-corrected chi connectivity index (χ1v) is 9.15. The van der Waals surface area contributed by atoms with Crippen LogP contribution < -0.4 is 15.5 Å². The Hall–Kier alpha value is -3.07. The van der Waals surface area contributed by atoms with E-state index in [0.717, 1.165) is 25.9 Å². The lowest BCUT2D eigenvalue weighted by molar-refractivity contribution is 0.461. The first kappa shape index (κ1) is 18.7. The molecule has 0 saturated carbocycles. The van der Waals surface area contributed by atoms with Crippen LogP contribution in [-0.2, 0) is 6.54 Å². The Balaban J connectivity index is 1.49. The van der Waals surface area contributed by atoms with Gasteiger partial charge in [0.1, 0.15) is 5.82 Å². The molecule has 0 spiro atoms. The minimum atomic E-state index is -0.381. The fourth-order valence-electron chi connectivity index (χ4n) is 3.25. The predicted octanol–water partition coefficient (Wildman–Crippen LogP) is 3.03. The topological polar surface area (TPSA) is 63.5 Å². The minimum Gasteiger partial charge on any atom is -0.371 e. The molecule has 0 atom stereocenters. The first-order valence-electron chi connectivity index (χ1n) is 9.15. The average Bonchev–Trinajstić information content (AvgIpc) is 2.73. The Morgan fingerprint density at radius 1 is 1.22 bits per heavy atom. The molecule has 1 heterocycles. The van der Waals surface area contributed by atoms with Crippen molar-refractivity contribution in [2.24, 2.45) is 4.99 Å². The van der Waals surface area contributed by atoms with Crippen LogP contribution in [0.3, 0.4) is 0 Å². The third-order valence-corrected chi connectivity index (χ3v) is 4.81. The maximum atomic E-state index is 14.0. The molecular formula is C21H24FN5. The Labute approximate surface area is 159 Å². The van der Waals surface area contributed by atoms with Gasteiger partial charge in [-0.3, -0.25) is 4.99 Å². The van der Waals surface area contributed by atoms with Crippen molar-refractivity contribution in [3.05, 3.63) is 65.5 Å². The quantitative estimate of drug-likeness (QED) is 0.646. The number of halogens is 1. The number of nitrogens with zero attached hydrogens (tertiary/aromatic N) is 3. The van der Waals surface area contributed by atoms with Gasteiger partial charge in [0.2, 0.25) is 0 Å². The van der Waals surface area contributed by atoms with Gasteiger partial charge in [-0.2, -0.15) is 5.26 Å². The third-order valence-electron chi connectivity index (χ3n) is 4.81. The van der Waals surface area contributed by atoms with Crippen LogP contribution in [0.15, 0.2) is 53.5 Å². The fourth-order valence-corrected chi connectivity index (χ4v) is 3.25. The molecule has 2 aromatic carbocycles. The van der Waals surface area contributed by atoms with E-state index in [9.17, 15) is 4.39 Å². The fraction of sp³-hybridized carbons (Fsp3) is 0.333. The normalized spacial score (nSPS) is 15.3. The van der Waals surface area contributed by atoms with Crippen LogP contribution in [0.25, 0.3) is 0 Å². The van der Waals surface area contributed by atoms with Crippen LogP contribution >= 0.6 is 0 Å². The highest BCUT2D eigenvalue weighted by Crippen LogP contribution is 2.19. The first-order chi connectivity index (χ1) is 13.2. The molecule has 1 aliphatic heterocycles. The maximum absolute atomic E-state index is 14.0. The van der Waals surface area contributed by atoms with Gasteiger partial charge in [-0.1, -0.05) is 24.3 Å². The molecule has 1 aliphatic rings. The number of aliphatic imine (C=N–C) groups is 1. The standard InChI is InChI=1S/C21H24FN5/c1-24-21(25-15-17-8-7-16(14-23)13-20(17)22)26-18-9-11-27(12-10-18)19-5-3-2-4-6-19/h2-8,13,18H,9-12,15H2,1H3,(H2,24,25,26). The van der Waals surface area contributed by atoms with E-state index in [-0.39, 0.29) is 5.82 Å². The largest absolute Gasteiger partial charge is 0.371 e. The lowest BCUT2D eigenvalue weighted by Gasteiger charge is -2.34. The van der Waals surface area contributed by atoms with Crippen molar-refractivity contribution in [2.75, 3.05) is 25.0 Å². The molecule has 0 bridgehead atoms. The summed E-state index contributed by atoms with van der Waals surface area (Å²) in [4.78, 5) is 6.63. The summed E-state index contributed by atoms with van der Waals surface area (Å²) < 4.78 is 14.0. The molecule has 2 N–H and O–H groups in total. The maximum Gasteiger partial charge on any atom is 0.191 e. The molecule has 0 amide bonds. The van der Waals surface area contributed by atoms with Crippen LogP contribution in [-0.4, -0.2) is 32.1 Å². The van der Waals surface area contributed by atoms with E-state index in [4.69, 9.17) is 5.26 Å². The zero-order valence-corrected chi connectivity index (χ0v) is 15.5. The molecule has 0 aliphatic carbocycles. The number of guanidine groups is 1. The molecule has 1 saturated heterocycles. The number of hydrogen-bond donors (Lipinski definition) is 2. The van der Waals surface area contributed by atoms with Gasteiger partial charge in [-0.25, -0.2) is 4.39 Å². The minimum absolute atomic E-state index is 0.320. The van der Waals surface area contributed by atoms with E-state index in [1.807, 2.05) is 12.1 Å². The summed E-state index contributed by atoms with van der Waals surface area (Å²) in [5, 5.41) is 15.4. The van der Waals surface area contributed by atoms with Crippen molar-refractivity contribution < 1.29 is 4.39 Å². The second-order valence-electron chi connectivity index (χ2n) is 6.58. The van der Waals surface area contributed by atoms with E-state index in [0.29, 0.717) is 29.7 Å². The number of anilines is 1. The van der Waals surface area contributed by atoms with Gasteiger partial charge in [0.05, 0.1) is 11.6 Å². The molecule has 6 heteroatoms. The van der Waals surface area contributed by atoms with Crippen LogP contribution in [0.1, 0.15) is 24.0 Å². The van der Waals surface area contributed by atoms with Crippen LogP contribution in [0.2, 0.25) is 0 Å².